The van der Waals surface area contributed by atoms with E-state index in [-0.39, 0.29) is 30.2 Å². The van der Waals surface area contributed by atoms with Gasteiger partial charge in [-0.25, -0.2) is 9.18 Å². The fraction of sp³-hybridized carbons (Fsp3) is 0.0952. The SMILES string of the molecule is Nc1cc(OCc2ccccc2)c(C(=O)OCc2ccccc2)cc1F. The lowest BCUT2D eigenvalue weighted by Gasteiger charge is -2.13. The van der Waals surface area contributed by atoms with Gasteiger partial charge in [0.1, 0.15) is 30.3 Å². The maximum absolute atomic E-state index is 13.9. The van der Waals surface area contributed by atoms with Crippen LogP contribution in [0.25, 0.3) is 0 Å². The van der Waals surface area contributed by atoms with Gasteiger partial charge in [-0.15, -0.1) is 0 Å². The molecule has 0 fully saturated rings. The maximum Gasteiger partial charge on any atom is 0.342 e. The van der Waals surface area contributed by atoms with E-state index in [9.17, 15) is 9.18 Å². The fourth-order valence-corrected chi connectivity index (χ4v) is 2.38. The number of ether oxygens (including phenoxy) is 2. The highest BCUT2D eigenvalue weighted by Crippen LogP contribution is 2.26. The molecule has 26 heavy (non-hydrogen) atoms. The van der Waals surface area contributed by atoms with Gasteiger partial charge < -0.3 is 15.2 Å². The molecular weight excluding hydrogens is 333 g/mol. The Kier molecular flexibility index (Phi) is 5.49. The summed E-state index contributed by atoms with van der Waals surface area (Å²) in [5.41, 5.74) is 7.28. The summed E-state index contributed by atoms with van der Waals surface area (Å²) in [6.45, 7) is 0.314. The molecule has 0 spiro atoms. The molecule has 132 valence electrons. The van der Waals surface area contributed by atoms with Crippen LogP contribution in [0.3, 0.4) is 0 Å². The Morgan fingerprint density at radius 2 is 1.46 bits per heavy atom. The minimum absolute atomic E-state index is 0.00330. The van der Waals surface area contributed by atoms with Crippen molar-refractivity contribution in [2.24, 2.45) is 0 Å². The Morgan fingerprint density at radius 1 is 0.885 bits per heavy atom. The Morgan fingerprint density at radius 3 is 2.08 bits per heavy atom. The van der Waals surface area contributed by atoms with Crippen molar-refractivity contribution >= 4 is 11.7 Å². The van der Waals surface area contributed by atoms with Gasteiger partial charge in [-0.2, -0.15) is 0 Å². The molecule has 4 nitrogen and oxygen atoms in total. The molecule has 0 radical (unpaired) electrons. The summed E-state index contributed by atoms with van der Waals surface area (Å²) in [5.74, 6) is -1.18. The Balaban J connectivity index is 1.76. The minimum atomic E-state index is -0.691. The molecule has 0 bridgehead atoms. The van der Waals surface area contributed by atoms with Crippen LogP contribution in [0.15, 0.2) is 72.8 Å². The molecule has 0 aromatic heterocycles. The highest BCUT2D eigenvalue weighted by Gasteiger charge is 2.18. The van der Waals surface area contributed by atoms with Crippen molar-refractivity contribution in [3.8, 4) is 5.75 Å². The molecule has 0 aliphatic heterocycles. The molecule has 3 aromatic rings. The zero-order valence-corrected chi connectivity index (χ0v) is 14.0. The number of halogens is 1. The molecule has 2 N–H and O–H groups in total. The zero-order valence-electron chi connectivity index (χ0n) is 14.0. The average Bonchev–Trinajstić information content (AvgIpc) is 2.68. The first kappa shape index (κ1) is 17.5. The van der Waals surface area contributed by atoms with Gasteiger partial charge in [-0.05, 0) is 17.2 Å². The molecule has 0 unspecified atom stereocenters. The molecule has 3 aromatic carbocycles. The molecule has 0 saturated heterocycles. The highest BCUT2D eigenvalue weighted by molar-refractivity contribution is 5.93. The number of hydrogen-bond acceptors (Lipinski definition) is 4. The predicted octanol–water partition coefficient (Wildman–Crippen LogP) is 4.34. The third-order valence-corrected chi connectivity index (χ3v) is 3.77. The first-order valence-electron chi connectivity index (χ1n) is 8.10. The van der Waals surface area contributed by atoms with E-state index in [1.165, 1.54) is 6.07 Å². The minimum Gasteiger partial charge on any atom is -0.488 e. The van der Waals surface area contributed by atoms with Crippen molar-refractivity contribution in [2.75, 3.05) is 5.73 Å². The lowest BCUT2D eigenvalue weighted by atomic mass is 10.1. The summed E-state index contributed by atoms with van der Waals surface area (Å²) in [4.78, 5) is 12.4. The second-order valence-corrected chi connectivity index (χ2v) is 5.71. The van der Waals surface area contributed by atoms with Gasteiger partial charge in [0.05, 0.1) is 5.69 Å². The van der Waals surface area contributed by atoms with E-state index in [4.69, 9.17) is 15.2 Å². The molecule has 0 amide bonds. The molecule has 0 saturated carbocycles. The van der Waals surface area contributed by atoms with Gasteiger partial charge >= 0.3 is 5.97 Å². The summed E-state index contributed by atoms with van der Waals surface area (Å²) in [6.07, 6.45) is 0. The number of carbonyl (C=O) groups is 1. The lowest BCUT2D eigenvalue weighted by Crippen LogP contribution is -2.10. The van der Waals surface area contributed by atoms with Crippen LogP contribution in [0.4, 0.5) is 10.1 Å². The molecule has 3 rings (SSSR count). The second-order valence-electron chi connectivity index (χ2n) is 5.71. The third kappa shape index (κ3) is 4.39. The van der Waals surface area contributed by atoms with Crippen molar-refractivity contribution in [1.82, 2.24) is 0 Å². The Bertz CT molecular complexity index is 883. The van der Waals surface area contributed by atoms with Crippen molar-refractivity contribution in [3.63, 3.8) is 0 Å². The van der Waals surface area contributed by atoms with Gasteiger partial charge in [0.25, 0.3) is 0 Å². The van der Waals surface area contributed by atoms with Crippen LogP contribution in [0.2, 0.25) is 0 Å². The number of esters is 1. The van der Waals surface area contributed by atoms with Gasteiger partial charge in [-0.3, -0.25) is 0 Å². The van der Waals surface area contributed by atoms with E-state index in [0.29, 0.717) is 0 Å². The van der Waals surface area contributed by atoms with E-state index < -0.39 is 11.8 Å². The first-order chi connectivity index (χ1) is 12.6. The quantitative estimate of drug-likeness (QED) is 0.530. The molecule has 5 heteroatoms. The maximum atomic E-state index is 13.9. The van der Waals surface area contributed by atoms with E-state index in [0.717, 1.165) is 17.2 Å². The van der Waals surface area contributed by atoms with E-state index >= 15 is 0 Å². The normalized spacial score (nSPS) is 10.3. The molecule has 0 heterocycles. The monoisotopic (exact) mass is 351 g/mol. The van der Waals surface area contributed by atoms with Crippen LogP contribution in [0, 0.1) is 5.82 Å². The number of carbonyl (C=O) groups excluding carboxylic acids is 1. The topological polar surface area (TPSA) is 61.5 Å². The molecule has 0 aliphatic rings. The number of nitrogen functional groups attached to an aromatic ring is 1. The fourth-order valence-electron chi connectivity index (χ4n) is 2.38. The van der Waals surface area contributed by atoms with Crippen molar-refractivity contribution in [3.05, 3.63) is 95.3 Å². The van der Waals surface area contributed by atoms with Crippen LogP contribution >= 0.6 is 0 Å². The van der Waals surface area contributed by atoms with Gasteiger partial charge in [-0.1, -0.05) is 60.7 Å². The summed E-state index contributed by atoms with van der Waals surface area (Å²) in [7, 11) is 0. The number of anilines is 1. The standard InChI is InChI=1S/C21H18FNO3/c22-18-11-17(21(24)26-14-16-9-5-2-6-10-16)20(12-19(18)23)25-13-15-7-3-1-4-8-15/h1-12H,13-14,23H2. The van der Waals surface area contributed by atoms with Crippen LogP contribution in [-0.4, -0.2) is 5.97 Å². The number of benzene rings is 3. The summed E-state index contributed by atoms with van der Waals surface area (Å²) in [5, 5.41) is 0. The average molecular weight is 351 g/mol. The highest BCUT2D eigenvalue weighted by atomic mass is 19.1. The zero-order chi connectivity index (χ0) is 18.4. The van der Waals surface area contributed by atoms with Crippen LogP contribution in [-0.2, 0) is 18.0 Å². The smallest absolute Gasteiger partial charge is 0.342 e. The Labute approximate surface area is 151 Å². The second kappa shape index (κ2) is 8.16. The van der Waals surface area contributed by atoms with Gasteiger partial charge in [0.15, 0.2) is 0 Å². The van der Waals surface area contributed by atoms with Crippen LogP contribution in [0.5, 0.6) is 5.75 Å². The van der Waals surface area contributed by atoms with E-state index in [1.807, 2.05) is 60.7 Å². The van der Waals surface area contributed by atoms with Crippen molar-refractivity contribution < 1.29 is 18.7 Å². The predicted molar refractivity (Wildman–Crippen MR) is 97.1 cm³/mol. The van der Waals surface area contributed by atoms with Crippen LogP contribution < -0.4 is 10.5 Å². The molecular formula is C21H18FNO3. The molecule has 0 aliphatic carbocycles. The van der Waals surface area contributed by atoms with E-state index in [2.05, 4.69) is 0 Å². The number of rotatable bonds is 6. The Hall–Kier alpha value is -3.34. The van der Waals surface area contributed by atoms with Gasteiger partial charge in [0.2, 0.25) is 0 Å². The largest absolute Gasteiger partial charge is 0.488 e. The summed E-state index contributed by atoms with van der Waals surface area (Å²) < 4.78 is 24.8. The van der Waals surface area contributed by atoms with Crippen molar-refractivity contribution in [2.45, 2.75) is 13.2 Å². The van der Waals surface area contributed by atoms with Crippen molar-refractivity contribution in [1.29, 1.82) is 0 Å². The third-order valence-electron chi connectivity index (χ3n) is 3.77. The summed E-state index contributed by atoms with van der Waals surface area (Å²) in [6, 6.07) is 21.0. The molecule has 0 atom stereocenters. The van der Waals surface area contributed by atoms with Gasteiger partial charge in [0, 0.05) is 6.07 Å². The summed E-state index contributed by atoms with van der Waals surface area (Å²) >= 11 is 0. The number of nitrogens with two attached hydrogens (primary N) is 1. The van der Waals surface area contributed by atoms with Crippen LogP contribution in [0.1, 0.15) is 21.5 Å². The number of hydrogen-bond donors (Lipinski definition) is 1. The first-order valence-corrected chi connectivity index (χ1v) is 8.10. The van der Waals surface area contributed by atoms with E-state index in [1.54, 1.807) is 0 Å². The lowest BCUT2D eigenvalue weighted by molar-refractivity contribution is 0.0467.